The van der Waals surface area contributed by atoms with Gasteiger partial charge in [0.05, 0.1) is 11.5 Å². The van der Waals surface area contributed by atoms with Crippen LogP contribution in [0.1, 0.15) is 17.4 Å². The van der Waals surface area contributed by atoms with Crippen molar-refractivity contribution in [3.8, 4) is 0 Å². The highest BCUT2D eigenvalue weighted by Gasteiger charge is 2.34. The Kier molecular flexibility index (Phi) is 4.38. The maximum Gasteiger partial charge on any atom is 0.244 e. The molecule has 1 unspecified atom stereocenters. The van der Waals surface area contributed by atoms with Crippen LogP contribution in [0.4, 0.5) is 0 Å². The monoisotopic (exact) mass is 307 g/mol. The number of hydrogen-bond acceptors (Lipinski definition) is 5. The SMILES string of the molecule is Cc1csc(CO)c1S(=O)(=O)N1CCSCC1C. The number of aliphatic hydroxyl groups is 1. The normalized spacial score (nSPS) is 22.3. The summed E-state index contributed by atoms with van der Waals surface area (Å²) in [5.74, 6) is 1.66. The zero-order valence-electron chi connectivity index (χ0n) is 10.4. The number of thioether (sulfide) groups is 1. The van der Waals surface area contributed by atoms with Crippen molar-refractivity contribution in [2.45, 2.75) is 31.4 Å². The molecule has 7 heteroatoms. The Morgan fingerprint density at radius 2 is 2.28 bits per heavy atom. The summed E-state index contributed by atoms with van der Waals surface area (Å²) >= 11 is 3.09. The van der Waals surface area contributed by atoms with Gasteiger partial charge >= 0.3 is 0 Å². The van der Waals surface area contributed by atoms with Crippen molar-refractivity contribution in [3.05, 3.63) is 15.8 Å². The van der Waals surface area contributed by atoms with Gasteiger partial charge < -0.3 is 5.11 Å². The van der Waals surface area contributed by atoms with Crippen molar-refractivity contribution in [2.24, 2.45) is 0 Å². The Balaban J connectivity index is 2.44. The smallest absolute Gasteiger partial charge is 0.244 e. The topological polar surface area (TPSA) is 57.6 Å². The average molecular weight is 307 g/mol. The van der Waals surface area contributed by atoms with Crippen LogP contribution in [0.2, 0.25) is 0 Å². The minimum Gasteiger partial charge on any atom is -0.391 e. The summed E-state index contributed by atoms with van der Waals surface area (Å²) in [6.45, 7) is 4.05. The minimum atomic E-state index is -3.47. The van der Waals surface area contributed by atoms with Gasteiger partial charge in [-0.1, -0.05) is 0 Å². The van der Waals surface area contributed by atoms with E-state index < -0.39 is 10.0 Å². The van der Waals surface area contributed by atoms with E-state index in [4.69, 9.17) is 0 Å². The molecule has 4 nitrogen and oxygen atoms in total. The molecular formula is C11H17NO3S3. The van der Waals surface area contributed by atoms with Gasteiger partial charge in [0.15, 0.2) is 0 Å². The van der Waals surface area contributed by atoms with Gasteiger partial charge in [-0.25, -0.2) is 8.42 Å². The van der Waals surface area contributed by atoms with Crippen molar-refractivity contribution in [1.29, 1.82) is 0 Å². The first-order valence-electron chi connectivity index (χ1n) is 5.76. The van der Waals surface area contributed by atoms with Gasteiger partial charge in [-0.15, -0.1) is 11.3 Å². The van der Waals surface area contributed by atoms with Gasteiger partial charge in [-0.2, -0.15) is 16.1 Å². The second kappa shape index (κ2) is 5.50. The Bertz CT molecular complexity index is 524. The Morgan fingerprint density at radius 1 is 1.56 bits per heavy atom. The molecule has 1 aliphatic rings. The number of aryl methyl sites for hydroxylation is 1. The van der Waals surface area contributed by atoms with E-state index in [1.54, 1.807) is 28.4 Å². The molecule has 18 heavy (non-hydrogen) atoms. The van der Waals surface area contributed by atoms with E-state index in [0.717, 1.165) is 17.1 Å². The maximum absolute atomic E-state index is 12.7. The van der Waals surface area contributed by atoms with Gasteiger partial charge in [-0.05, 0) is 24.8 Å². The largest absolute Gasteiger partial charge is 0.391 e. The molecule has 0 bridgehead atoms. The third-order valence-corrected chi connectivity index (χ3v) is 7.66. The predicted octanol–water partition coefficient (Wildman–Crippen LogP) is 1.67. The quantitative estimate of drug-likeness (QED) is 0.923. The lowest BCUT2D eigenvalue weighted by Gasteiger charge is -2.32. The van der Waals surface area contributed by atoms with Crippen LogP contribution >= 0.6 is 23.1 Å². The van der Waals surface area contributed by atoms with Crippen LogP contribution in [-0.4, -0.2) is 41.9 Å². The summed E-state index contributed by atoms with van der Waals surface area (Å²) in [7, 11) is -3.47. The van der Waals surface area contributed by atoms with Crippen molar-refractivity contribution < 1.29 is 13.5 Å². The molecule has 1 atom stereocenters. The summed E-state index contributed by atoms with van der Waals surface area (Å²) in [4.78, 5) is 0.853. The van der Waals surface area contributed by atoms with E-state index in [9.17, 15) is 13.5 Å². The van der Waals surface area contributed by atoms with Gasteiger partial charge in [-0.3, -0.25) is 0 Å². The number of nitrogens with zero attached hydrogens (tertiary/aromatic N) is 1. The molecule has 2 heterocycles. The van der Waals surface area contributed by atoms with Crippen LogP contribution in [0, 0.1) is 6.92 Å². The minimum absolute atomic E-state index is 0.0135. The molecule has 1 aliphatic heterocycles. The number of rotatable bonds is 3. The molecule has 0 amide bonds. The van der Waals surface area contributed by atoms with E-state index in [-0.39, 0.29) is 12.6 Å². The summed E-state index contributed by atoms with van der Waals surface area (Å²) < 4.78 is 26.9. The van der Waals surface area contributed by atoms with E-state index in [2.05, 4.69) is 0 Å². The third-order valence-electron chi connectivity index (χ3n) is 3.01. The zero-order valence-corrected chi connectivity index (χ0v) is 12.9. The standard InChI is InChI=1S/C11H17NO3S3/c1-8-6-17-10(5-13)11(8)18(14,15)12-3-4-16-7-9(12)2/h6,9,13H,3-5,7H2,1-2H3. The fourth-order valence-electron chi connectivity index (χ4n) is 2.13. The lowest BCUT2D eigenvalue weighted by molar-refractivity contribution is 0.281. The zero-order chi connectivity index (χ0) is 13.3. The highest BCUT2D eigenvalue weighted by atomic mass is 32.2. The van der Waals surface area contributed by atoms with Crippen molar-refractivity contribution in [1.82, 2.24) is 4.31 Å². The molecule has 0 spiro atoms. The van der Waals surface area contributed by atoms with E-state index in [1.807, 2.05) is 6.92 Å². The summed E-state index contributed by atoms with van der Waals surface area (Å²) in [6, 6.07) is 0.0135. The molecule has 1 aromatic heterocycles. The first kappa shape index (κ1) is 14.3. The fourth-order valence-corrected chi connectivity index (χ4v) is 6.60. The summed E-state index contributed by atoms with van der Waals surface area (Å²) in [5.41, 5.74) is 0.731. The van der Waals surface area contributed by atoms with E-state index in [1.165, 1.54) is 11.3 Å². The lowest BCUT2D eigenvalue weighted by atomic mass is 10.3. The molecule has 1 fully saturated rings. The molecule has 0 saturated carbocycles. The first-order valence-corrected chi connectivity index (χ1v) is 9.23. The molecule has 0 radical (unpaired) electrons. The molecular weight excluding hydrogens is 290 g/mol. The van der Waals surface area contributed by atoms with Crippen LogP contribution < -0.4 is 0 Å². The van der Waals surface area contributed by atoms with Crippen molar-refractivity contribution >= 4 is 33.1 Å². The maximum atomic E-state index is 12.7. The van der Waals surface area contributed by atoms with Gasteiger partial charge in [0.2, 0.25) is 10.0 Å². The average Bonchev–Trinajstić information content (AvgIpc) is 2.71. The van der Waals surface area contributed by atoms with Gasteiger partial charge in [0.25, 0.3) is 0 Å². The molecule has 2 rings (SSSR count). The lowest BCUT2D eigenvalue weighted by Crippen LogP contribution is -2.44. The van der Waals surface area contributed by atoms with Gasteiger partial charge in [0, 0.05) is 24.1 Å². The molecule has 1 saturated heterocycles. The van der Waals surface area contributed by atoms with Gasteiger partial charge in [0.1, 0.15) is 4.90 Å². The van der Waals surface area contributed by atoms with Crippen LogP contribution in [-0.2, 0) is 16.6 Å². The van der Waals surface area contributed by atoms with E-state index in [0.29, 0.717) is 16.3 Å². The number of thiophene rings is 1. The number of hydrogen-bond donors (Lipinski definition) is 1. The predicted molar refractivity (Wildman–Crippen MR) is 75.7 cm³/mol. The van der Waals surface area contributed by atoms with Crippen LogP contribution in [0.3, 0.4) is 0 Å². The van der Waals surface area contributed by atoms with E-state index >= 15 is 0 Å². The summed E-state index contributed by atoms with van der Waals surface area (Å²) in [6.07, 6.45) is 0. The molecule has 0 aliphatic carbocycles. The second-order valence-corrected chi connectivity index (χ2v) is 8.31. The number of aliphatic hydroxyl groups excluding tert-OH is 1. The highest BCUT2D eigenvalue weighted by molar-refractivity contribution is 7.99. The molecule has 0 aromatic carbocycles. The number of sulfonamides is 1. The second-order valence-electron chi connectivity index (χ2n) is 4.37. The third kappa shape index (κ3) is 2.46. The van der Waals surface area contributed by atoms with Crippen molar-refractivity contribution in [3.63, 3.8) is 0 Å². The fraction of sp³-hybridized carbons (Fsp3) is 0.636. The van der Waals surface area contributed by atoms with Crippen molar-refractivity contribution in [2.75, 3.05) is 18.1 Å². The molecule has 1 aromatic rings. The van der Waals surface area contributed by atoms with Crippen LogP contribution in [0.25, 0.3) is 0 Å². The van der Waals surface area contributed by atoms with Crippen LogP contribution in [0.15, 0.2) is 10.3 Å². The molecule has 102 valence electrons. The molecule has 1 N–H and O–H groups in total. The van der Waals surface area contributed by atoms with Crippen LogP contribution in [0.5, 0.6) is 0 Å². The highest BCUT2D eigenvalue weighted by Crippen LogP contribution is 2.32. The Labute approximate surface area is 116 Å². The first-order chi connectivity index (χ1) is 8.48. The Morgan fingerprint density at radius 3 is 2.89 bits per heavy atom. The Hall–Kier alpha value is -0.0800. The summed E-state index contributed by atoms with van der Waals surface area (Å²) in [5, 5.41) is 11.1.